The number of aliphatic hydroxyl groups is 1. The van der Waals surface area contributed by atoms with Gasteiger partial charge in [-0.15, -0.1) is 0 Å². The quantitative estimate of drug-likeness (QED) is 0.765. The smallest absolute Gasteiger partial charge is 0.184 e. The Morgan fingerprint density at radius 1 is 1.60 bits per heavy atom. The number of nitrogens with one attached hydrogen (secondary N) is 1. The first-order valence-corrected chi connectivity index (χ1v) is 6.17. The molecule has 1 atom stereocenters. The Hall–Kier alpha value is -1.11. The van der Waals surface area contributed by atoms with Crippen molar-refractivity contribution in [1.82, 2.24) is 4.98 Å². The SMILES string of the molecule is Nc1cnc(NCC(O)c2ccsc2)s1. The number of rotatable bonds is 4. The number of thiophene rings is 1. The summed E-state index contributed by atoms with van der Waals surface area (Å²) in [7, 11) is 0. The summed E-state index contributed by atoms with van der Waals surface area (Å²) >= 11 is 2.95. The molecule has 0 amide bonds. The normalized spacial score (nSPS) is 12.6. The van der Waals surface area contributed by atoms with Gasteiger partial charge in [-0.3, -0.25) is 0 Å². The van der Waals surface area contributed by atoms with Crippen LogP contribution in [0.15, 0.2) is 23.0 Å². The third-order valence-electron chi connectivity index (χ3n) is 1.90. The molecule has 15 heavy (non-hydrogen) atoms. The minimum atomic E-state index is -0.499. The van der Waals surface area contributed by atoms with Gasteiger partial charge in [-0.1, -0.05) is 11.3 Å². The number of anilines is 2. The summed E-state index contributed by atoms with van der Waals surface area (Å²) < 4.78 is 0. The molecule has 0 radical (unpaired) electrons. The van der Waals surface area contributed by atoms with Crippen LogP contribution in [0.4, 0.5) is 10.1 Å². The Kier molecular flexibility index (Phi) is 3.20. The first-order valence-electron chi connectivity index (χ1n) is 4.41. The largest absolute Gasteiger partial charge is 0.389 e. The van der Waals surface area contributed by atoms with Crippen LogP contribution in [-0.2, 0) is 0 Å². The van der Waals surface area contributed by atoms with Crippen molar-refractivity contribution in [1.29, 1.82) is 0 Å². The van der Waals surface area contributed by atoms with Crippen LogP contribution in [0.5, 0.6) is 0 Å². The molecule has 0 aliphatic carbocycles. The molecular weight excluding hydrogens is 230 g/mol. The van der Waals surface area contributed by atoms with Crippen LogP contribution in [-0.4, -0.2) is 16.6 Å². The second-order valence-corrected chi connectivity index (χ2v) is 4.86. The van der Waals surface area contributed by atoms with E-state index < -0.39 is 6.10 Å². The zero-order valence-electron chi connectivity index (χ0n) is 7.88. The number of thiazole rings is 1. The molecule has 2 heterocycles. The minimum Gasteiger partial charge on any atom is -0.389 e. The molecule has 0 aromatic carbocycles. The van der Waals surface area contributed by atoms with Crippen molar-refractivity contribution in [2.75, 3.05) is 17.6 Å². The number of nitrogens with zero attached hydrogens (tertiary/aromatic N) is 1. The van der Waals surface area contributed by atoms with E-state index >= 15 is 0 Å². The highest BCUT2D eigenvalue weighted by molar-refractivity contribution is 7.19. The first-order chi connectivity index (χ1) is 7.25. The summed E-state index contributed by atoms with van der Waals surface area (Å²) in [6.45, 7) is 0.448. The highest BCUT2D eigenvalue weighted by Crippen LogP contribution is 2.21. The monoisotopic (exact) mass is 241 g/mol. The first kappa shape index (κ1) is 10.4. The Labute approximate surface area is 95.4 Å². The molecule has 4 N–H and O–H groups in total. The van der Waals surface area contributed by atoms with Gasteiger partial charge >= 0.3 is 0 Å². The molecule has 0 aliphatic heterocycles. The van der Waals surface area contributed by atoms with E-state index in [9.17, 15) is 5.11 Å². The number of hydrogen-bond acceptors (Lipinski definition) is 6. The van der Waals surface area contributed by atoms with Crippen LogP contribution in [0.2, 0.25) is 0 Å². The summed E-state index contributed by atoms with van der Waals surface area (Å²) in [5.41, 5.74) is 6.46. The zero-order chi connectivity index (χ0) is 10.7. The molecule has 4 nitrogen and oxygen atoms in total. The van der Waals surface area contributed by atoms with E-state index in [1.165, 1.54) is 11.3 Å². The summed E-state index contributed by atoms with van der Waals surface area (Å²) in [6, 6.07) is 1.91. The average Bonchev–Trinajstić information content (AvgIpc) is 2.84. The molecule has 0 bridgehead atoms. The van der Waals surface area contributed by atoms with Crippen LogP contribution in [0.3, 0.4) is 0 Å². The Morgan fingerprint density at radius 3 is 3.07 bits per heavy atom. The van der Waals surface area contributed by atoms with Crippen molar-refractivity contribution in [3.63, 3.8) is 0 Å². The van der Waals surface area contributed by atoms with E-state index in [0.29, 0.717) is 11.5 Å². The summed E-state index contributed by atoms with van der Waals surface area (Å²) in [4.78, 5) is 4.04. The van der Waals surface area contributed by atoms with Crippen LogP contribution >= 0.6 is 22.7 Å². The predicted molar refractivity (Wildman–Crippen MR) is 64.3 cm³/mol. The van der Waals surface area contributed by atoms with E-state index in [0.717, 1.165) is 10.7 Å². The Morgan fingerprint density at radius 2 is 2.47 bits per heavy atom. The van der Waals surface area contributed by atoms with Gasteiger partial charge in [0.05, 0.1) is 12.3 Å². The molecule has 0 aliphatic rings. The van der Waals surface area contributed by atoms with Gasteiger partial charge in [0, 0.05) is 6.54 Å². The maximum absolute atomic E-state index is 9.77. The van der Waals surface area contributed by atoms with E-state index in [1.54, 1.807) is 17.5 Å². The topological polar surface area (TPSA) is 71.2 Å². The van der Waals surface area contributed by atoms with E-state index in [-0.39, 0.29) is 0 Å². The van der Waals surface area contributed by atoms with Crippen molar-refractivity contribution >= 4 is 32.8 Å². The molecular formula is C9H11N3OS2. The fourth-order valence-electron chi connectivity index (χ4n) is 1.13. The molecule has 1 unspecified atom stereocenters. The van der Waals surface area contributed by atoms with Gasteiger partial charge < -0.3 is 16.2 Å². The molecule has 0 fully saturated rings. The number of nitrogen functional groups attached to an aromatic ring is 1. The summed E-state index contributed by atoms with van der Waals surface area (Å²) in [5, 5.41) is 18.1. The van der Waals surface area contributed by atoms with Crippen molar-refractivity contribution < 1.29 is 5.11 Å². The van der Waals surface area contributed by atoms with Crippen molar-refractivity contribution in [3.8, 4) is 0 Å². The number of aliphatic hydroxyl groups excluding tert-OH is 1. The minimum absolute atomic E-state index is 0.448. The van der Waals surface area contributed by atoms with E-state index in [2.05, 4.69) is 10.3 Å². The van der Waals surface area contributed by atoms with E-state index in [4.69, 9.17) is 5.73 Å². The standard InChI is InChI=1S/C9H11N3OS2/c10-8-4-12-9(15-8)11-3-7(13)6-1-2-14-5-6/h1-2,4-5,7,13H,3,10H2,(H,11,12). The maximum Gasteiger partial charge on any atom is 0.184 e. The van der Waals surface area contributed by atoms with Gasteiger partial charge in [-0.25, -0.2) is 4.98 Å². The van der Waals surface area contributed by atoms with Gasteiger partial charge in [0.25, 0.3) is 0 Å². The zero-order valence-corrected chi connectivity index (χ0v) is 9.52. The summed E-state index contributed by atoms with van der Waals surface area (Å²) in [5.74, 6) is 0. The van der Waals surface area contributed by atoms with Gasteiger partial charge in [0.15, 0.2) is 5.13 Å². The predicted octanol–water partition coefficient (Wildman–Crippen LogP) is 1.93. The molecule has 2 rings (SSSR count). The third kappa shape index (κ3) is 2.68. The van der Waals surface area contributed by atoms with Gasteiger partial charge in [-0.2, -0.15) is 11.3 Å². The van der Waals surface area contributed by atoms with Gasteiger partial charge in [0.1, 0.15) is 5.00 Å². The second kappa shape index (κ2) is 4.61. The van der Waals surface area contributed by atoms with Gasteiger partial charge in [0.2, 0.25) is 0 Å². The molecule has 6 heteroatoms. The number of nitrogens with two attached hydrogens (primary N) is 1. The summed E-state index contributed by atoms with van der Waals surface area (Å²) in [6.07, 6.45) is 1.10. The lowest BCUT2D eigenvalue weighted by atomic mass is 10.2. The van der Waals surface area contributed by atoms with Crippen molar-refractivity contribution in [2.24, 2.45) is 0 Å². The van der Waals surface area contributed by atoms with Crippen molar-refractivity contribution in [2.45, 2.75) is 6.10 Å². The molecule has 2 aromatic heterocycles. The molecule has 2 aromatic rings. The van der Waals surface area contributed by atoms with Crippen LogP contribution in [0.25, 0.3) is 0 Å². The number of aromatic nitrogens is 1. The third-order valence-corrected chi connectivity index (χ3v) is 3.38. The average molecular weight is 241 g/mol. The Balaban J connectivity index is 1.88. The van der Waals surface area contributed by atoms with Crippen LogP contribution in [0.1, 0.15) is 11.7 Å². The van der Waals surface area contributed by atoms with Gasteiger partial charge in [-0.05, 0) is 22.4 Å². The highest BCUT2D eigenvalue weighted by Gasteiger charge is 2.08. The lowest BCUT2D eigenvalue weighted by molar-refractivity contribution is 0.192. The Bertz CT molecular complexity index is 413. The van der Waals surface area contributed by atoms with Crippen molar-refractivity contribution in [3.05, 3.63) is 28.6 Å². The highest BCUT2D eigenvalue weighted by atomic mass is 32.1. The fraction of sp³-hybridized carbons (Fsp3) is 0.222. The molecule has 0 spiro atoms. The second-order valence-electron chi connectivity index (χ2n) is 3.02. The number of hydrogen-bond donors (Lipinski definition) is 3. The molecule has 0 saturated heterocycles. The molecule has 0 saturated carbocycles. The van der Waals surface area contributed by atoms with Crippen LogP contribution in [0, 0.1) is 0 Å². The van der Waals surface area contributed by atoms with E-state index in [1.807, 2.05) is 16.8 Å². The lowest BCUT2D eigenvalue weighted by Crippen LogP contribution is -2.11. The fourth-order valence-corrected chi connectivity index (χ4v) is 2.43. The van der Waals surface area contributed by atoms with Crippen LogP contribution < -0.4 is 11.1 Å². The molecule has 80 valence electrons. The lowest BCUT2D eigenvalue weighted by Gasteiger charge is -2.08. The maximum atomic E-state index is 9.77.